The van der Waals surface area contributed by atoms with E-state index in [4.69, 9.17) is 0 Å². The van der Waals surface area contributed by atoms with E-state index in [0.717, 1.165) is 12.8 Å². The molecule has 0 aromatic rings. The lowest BCUT2D eigenvalue weighted by molar-refractivity contribution is -0.117. The van der Waals surface area contributed by atoms with Crippen LogP contribution in [0.4, 0.5) is 0 Å². The molecule has 20 heavy (non-hydrogen) atoms. The Labute approximate surface area is 125 Å². The van der Waals surface area contributed by atoms with Gasteiger partial charge >= 0.3 is 0 Å². The molecule has 0 radical (unpaired) electrons. The maximum absolute atomic E-state index is 10.8. The standard InChI is InChI=1S/C19H32O/c1-18(20)14-10-7-5-3-2-4-6-8-11-15-19-16-12-9-13-17-19/h12,16-17H,2-11,13-15H2,1H3. The van der Waals surface area contributed by atoms with Crippen molar-refractivity contribution in [3.63, 3.8) is 0 Å². The van der Waals surface area contributed by atoms with E-state index < -0.39 is 0 Å². The van der Waals surface area contributed by atoms with Gasteiger partial charge in [-0.1, -0.05) is 68.7 Å². The van der Waals surface area contributed by atoms with Gasteiger partial charge in [0.25, 0.3) is 0 Å². The molecule has 0 atom stereocenters. The van der Waals surface area contributed by atoms with Crippen LogP contribution in [0.2, 0.25) is 0 Å². The number of allylic oxidation sites excluding steroid dienone is 4. The predicted octanol–water partition coefficient (Wildman–Crippen LogP) is 6.14. The molecule has 1 rings (SSSR count). The molecule has 0 aromatic carbocycles. The molecule has 0 unspecified atom stereocenters. The molecule has 0 bridgehead atoms. The fourth-order valence-electron chi connectivity index (χ4n) is 2.79. The smallest absolute Gasteiger partial charge is 0.129 e. The van der Waals surface area contributed by atoms with Gasteiger partial charge in [0, 0.05) is 6.42 Å². The molecule has 1 nitrogen and oxygen atoms in total. The first-order chi connectivity index (χ1) is 9.79. The van der Waals surface area contributed by atoms with E-state index in [1.54, 1.807) is 12.5 Å². The molecule has 0 fully saturated rings. The number of Topliss-reactive ketones (excluding diaryl/α,β-unsaturated/α-hetero) is 1. The molecule has 1 aliphatic rings. The molecule has 0 saturated carbocycles. The third kappa shape index (κ3) is 10.00. The second-order valence-electron chi connectivity index (χ2n) is 6.14. The van der Waals surface area contributed by atoms with Crippen LogP contribution >= 0.6 is 0 Å². The molecule has 0 aliphatic heterocycles. The van der Waals surface area contributed by atoms with Crippen LogP contribution in [-0.4, -0.2) is 5.78 Å². The van der Waals surface area contributed by atoms with Crippen LogP contribution in [0, 0.1) is 0 Å². The summed E-state index contributed by atoms with van der Waals surface area (Å²) in [6, 6.07) is 0. The third-order valence-electron chi connectivity index (χ3n) is 4.07. The summed E-state index contributed by atoms with van der Waals surface area (Å²) in [6.45, 7) is 1.69. The van der Waals surface area contributed by atoms with Gasteiger partial charge in [-0.05, 0) is 39.0 Å². The topological polar surface area (TPSA) is 17.1 Å². The van der Waals surface area contributed by atoms with Crippen LogP contribution in [0.25, 0.3) is 0 Å². The Kier molecular flexibility index (Phi) is 10.3. The lowest BCUT2D eigenvalue weighted by Crippen LogP contribution is -1.89. The zero-order chi connectivity index (χ0) is 14.5. The molecule has 0 aromatic heterocycles. The van der Waals surface area contributed by atoms with Crippen LogP contribution in [-0.2, 0) is 4.79 Å². The SMILES string of the molecule is CC(=O)CCCCCCCCCCCC1=CCCC=C1. The molecule has 1 heteroatoms. The van der Waals surface area contributed by atoms with Crippen molar-refractivity contribution in [1.82, 2.24) is 0 Å². The number of rotatable bonds is 12. The van der Waals surface area contributed by atoms with Gasteiger partial charge in [0.1, 0.15) is 5.78 Å². The Balaban J connectivity index is 1.77. The van der Waals surface area contributed by atoms with Crippen molar-refractivity contribution < 1.29 is 4.79 Å². The zero-order valence-electron chi connectivity index (χ0n) is 13.3. The molecule has 1 aliphatic carbocycles. The van der Waals surface area contributed by atoms with Gasteiger partial charge in [-0.2, -0.15) is 0 Å². The van der Waals surface area contributed by atoms with Crippen molar-refractivity contribution in [1.29, 1.82) is 0 Å². The number of hydrogen-bond acceptors (Lipinski definition) is 1. The summed E-state index contributed by atoms with van der Waals surface area (Å²) in [7, 11) is 0. The normalized spacial score (nSPS) is 14.3. The Morgan fingerprint density at radius 2 is 1.50 bits per heavy atom. The molecule has 0 saturated heterocycles. The van der Waals surface area contributed by atoms with Gasteiger partial charge in [0.05, 0.1) is 0 Å². The second-order valence-corrected chi connectivity index (χ2v) is 6.14. The highest BCUT2D eigenvalue weighted by Crippen LogP contribution is 2.17. The van der Waals surface area contributed by atoms with E-state index >= 15 is 0 Å². The van der Waals surface area contributed by atoms with Crippen LogP contribution in [0.5, 0.6) is 0 Å². The molecule has 0 spiro atoms. The van der Waals surface area contributed by atoms with E-state index in [0.29, 0.717) is 5.78 Å². The van der Waals surface area contributed by atoms with E-state index in [1.165, 1.54) is 70.6 Å². The maximum Gasteiger partial charge on any atom is 0.129 e. The van der Waals surface area contributed by atoms with Crippen molar-refractivity contribution >= 4 is 5.78 Å². The van der Waals surface area contributed by atoms with E-state index in [2.05, 4.69) is 18.2 Å². The average Bonchev–Trinajstić information content (AvgIpc) is 2.45. The second kappa shape index (κ2) is 11.9. The summed E-state index contributed by atoms with van der Waals surface area (Å²) in [5.74, 6) is 0.341. The highest BCUT2D eigenvalue weighted by molar-refractivity contribution is 5.75. The summed E-state index contributed by atoms with van der Waals surface area (Å²) < 4.78 is 0. The minimum atomic E-state index is 0.341. The van der Waals surface area contributed by atoms with Crippen LogP contribution in [0.1, 0.15) is 90.4 Å². The maximum atomic E-state index is 10.8. The minimum Gasteiger partial charge on any atom is -0.300 e. The number of hydrogen-bond donors (Lipinski definition) is 0. The number of ketones is 1. The lowest BCUT2D eigenvalue weighted by atomic mass is 10.00. The van der Waals surface area contributed by atoms with Gasteiger partial charge in [-0.25, -0.2) is 0 Å². The first-order valence-corrected chi connectivity index (χ1v) is 8.64. The van der Waals surface area contributed by atoms with Crippen molar-refractivity contribution in [2.45, 2.75) is 90.4 Å². The average molecular weight is 276 g/mol. The number of unbranched alkanes of at least 4 members (excludes halogenated alkanes) is 8. The molecule has 0 heterocycles. The Bertz CT molecular complexity index is 312. The van der Waals surface area contributed by atoms with Gasteiger partial charge in [-0.15, -0.1) is 0 Å². The fraction of sp³-hybridized carbons (Fsp3) is 0.737. The van der Waals surface area contributed by atoms with E-state index in [1.807, 2.05) is 0 Å². The zero-order valence-corrected chi connectivity index (χ0v) is 13.3. The first-order valence-electron chi connectivity index (χ1n) is 8.64. The summed E-state index contributed by atoms with van der Waals surface area (Å²) in [5, 5.41) is 0. The van der Waals surface area contributed by atoms with Gasteiger partial charge in [-0.3, -0.25) is 0 Å². The predicted molar refractivity (Wildman–Crippen MR) is 87.9 cm³/mol. The summed E-state index contributed by atoms with van der Waals surface area (Å²) in [5.41, 5.74) is 1.56. The van der Waals surface area contributed by atoms with Gasteiger partial charge in [0.15, 0.2) is 0 Å². The van der Waals surface area contributed by atoms with Crippen LogP contribution in [0.15, 0.2) is 23.8 Å². The highest BCUT2D eigenvalue weighted by Gasteiger charge is 1.98. The Hall–Kier alpha value is -0.850. The first kappa shape index (κ1) is 17.2. The summed E-state index contributed by atoms with van der Waals surface area (Å²) in [6.07, 6.45) is 23.5. The minimum absolute atomic E-state index is 0.341. The lowest BCUT2D eigenvalue weighted by Gasteiger charge is -2.06. The number of carbonyl (C=O) groups excluding carboxylic acids is 1. The monoisotopic (exact) mass is 276 g/mol. The molecule has 0 amide bonds. The van der Waals surface area contributed by atoms with Crippen molar-refractivity contribution in [3.8, 4) is 0 Å². The van der Waals surface area contributed by atoms with Crippen molar-refractivity contribution in [2.24, 2.45) is 0 Å². The van der Waals surface area contributed by atoms with Crippen molar-refractivity contribution in [3.05, 3.63) is 23.8 Å². The van der Waals surface area contributed by atoms with Crippen molar-refractivity contribution in [2.75, 3.05) is 0 Å². The Morgan fingerprint density at radius 1 is 0.900 bits per heavy atom. The third-order valence-corrected chi connectivity index (χ3v) is 4.07. The molecule has 0 N–H and O–H groups in total. The molecular formula is C19H32O. The Morgan fingerprint density at radius 3 is 2.05 bits per heavy atom. The largest absolute Gasteiger partial charge is 0.300 e. The van der Waals surface area contributed by atoms with E-state index in [9.17, 15) is 4.79 Å². The molecular weight excluding hydrogens is 244 g/mol. The van der Waals surface area contributed by atoms with E-state index in [-0.39, 0.29) is 0 Å². The number of carbonyl (C=O) groups is 1. The van der Waals surface area contributed by atoms with Gasteiger partial charge < -0.3 is 4.79 Å². The van der Waals surface area contributed by atoms with Crippen LogP contribution in [0.3, 0.4) is 0 Å². The highest BCUT2D eigenvalue weighted by atomic mass is 16.1. The quantitative estimate of drug-likeness (QED) is 0.391. The summed E-state index contributed by atoms with van der Waals surface area (Å²) >= 11 is 0. The fourth-order valence-corrected chi connectivity index (χ4v) is 2.79. The van der Waals surface area contributed by atoms with Gasteiger partial charge in [0.2, 0.25) is 0 Å². The molecule has 114 valence electrons. The summed E-state index contributed by atoms with van der Waals surface area (Å²) in [4.78, 5) is 10.8. The van der Waals surface area contributed by atoms with Crippen LogP contribution < -0.4 is 0 Å².